The van der Waals surface area contributed by atoms with Gasteiger partial charge in [0.2, 0.25) is 17.7 Å². The van der Waals surface area contributed by atoms with E-state index in [1.807, 2.05) is 6.92 Å². The van der Waals surface area contributed by atoms with E-state index >= 15 is 0 Å². The minimum absolute atomic E-state index is 0.0248. The monoisotopic (exact) mass is 522 g/mol. The van der Waals surface area contributed by atoms with E-state index in [1.165, 1.54) is 12.1 Å². The number of nitrogens with one attached hydrogen (secondary N) is 2. The Hall–Kier alpha value is -3.34. The summed E-state index contributed by atoms with van der Waals surface area (Å²) >= 11 is 0. The number of ether oxygens (including phenoxy) is 1. The first kappa shape index (κ1) is 31.7. The third-order valence-corrected chi connectivity index (χ3v) is 5.47. The number of aromatic hydroxyl groups is 1. The first-order valence-electron chi connectivity index (χ1n) is 12.6. The predicted molar refractivity (Wildman–Crippen MR) is 139 cm³/mol. The van der Waals surface area contributed by atoms with Gasteiger partial charge < -0.3 is 36.2 Å². The number of phenols is 1. The number of benzene rings is 1. The standard InChI is InChI=1S/C26H42N4O7/c1-6-7-8-13-28-23(34)22(18-9-11-20(32)17(2)16-18)30(14-15-31)24(35)19(10-12-21(27)33)29-25(36)37-26(3,4)5/h9,11,16,19,22,31-32H,6-8,10,12-15H2,1-5H3,(H2,27,33)(H,28,34)(H,29,36). The molecule has 0 aliphatic heterocycles. The smallest absolute Gasteiger partial charge is 0.408 e. The van der Waals surface area contributed by atoms with Crippen LogP contribution in [0.5, 0.6) is 5.75 Å². The Labute approximate surface area is 218 Å². The summed E-state index contributed by atoms with van der Waals surface area (Å²) in [5.41, 5.74) is 5.35. The van der Waals surface area contributed by atoms with Crippen LogP contribution in [0.15, 0.2) is 18.2 Å². The largest absolute Gasteiger partial charge is 0.508 e. The molecule has 11 heteroatoms. The molecule has 208 valence electrons. The molecule has 0 aliphatic carbocycles. The SMILES string of the molecule is CCCCCNC(=O)C(c1ccc(O)c(C)c1)N(CCO)C(=O)C(CCC(N)=O)NC(=O)OC(C)(C)C. The van der Waals surface area contributed by atoms with Crippen LogP contribution in [0.2, 0.25) is 0 Å². The molecule has 6 N–H and O–H groups in total. The van der Waals surface area contributed by atoms with Crippen LogP contribution < -0.4 is 16.4 Å². The fraction of sp³-hybridized carbons (Fsp3) is 0.615. The minimum Gasteiger partial charge on any atom is -0.508 e. The first-order chi connectivity index (χ1) is 17.3. The van der Waals surface area contributed by atoms with Crippen molar-refractivity contribution in [2.45, 2.75) is 84.4 Å². The lowest BCUT2D eigenvalue weighted by Crippen LogP contribution is -2.54. The second-order valence-corrected chi connectivity index (χ2v) is 9.91. The van der Waals surface area contributed by atoms with Gasteiger partial charge >= 0.3 is 6.09 Å². The number of aryl methyl sites for hydroxylation is 1. The van der Waals surface area contributed by atoms with Crippen molar-refractivity contribution in [2.75, 3.05) is 19.7 Å². The van der Waals surface area contributed by atoms with Crippen molar-refractivity contribution in [2.24, 2.45) is 5.73 Å². The molecule has 0 saturated heterocycles. The summed E-state index contributed by atoms with van der Waals surface area (Å²) in [6.07, 6.45) is 1.42. The van der Waals surface area contributed by atoms with Gasteiger partial charge in [0.05, 0.1) is 6.61 Å². The molecule has 0 radical (unpaired) electrons. The number of phenolic OH excluding ortho intramolecular Hbond substituents is 1. The number of nitrogens with two attached hydrogens (primary N) is 1. The van der Waals surface area contributed by atoms with Crippen molar-refractivity contribution >= 4 is 23.8 Å². The third kappa shape index (κ3) is 11.1. The van der Waals surface area contributed by atoms with Gasteiger partial charge in [-0.25, -0.2) is 4.79 Å². The van der Waals surface area contributed by atoms with Crippen LogP contribution in [0.4, 0.5) is 4.79 Å². The van der Waals surface area contributed by atoms with Gasteiger partial charge in [0, 0.05) is 19.5 Å². The number of hydrogen-bond acceptors (Lipinski definition) is 7. The number of unbranched alkanes of at least 4 members (excludes halogenated alkanes) is 2. The van der Waals surface area contributed by atoms with Crippen molar-refractivity contribution in [1.82, 2.24) is 15.5 Å². The van der Waals surface area contributed by atoms with Crippen LogP contribution in [0.3, 0.4) is 0 Å². The summed E-state index contributed by atoms with van der Waals surface area (Å²) in [5, 5.41) is 25.1. The lowest BCUT2D eigenvalue weighted by molar-refractivity contribution is -0.143. The number of rotatable bonds is 14. The molecule has 0 heterocycles. The van der Waals surface area contributed by atoms with Crippen LogP contribution >= 0.6 is 0 Å². The summed E-state index contributed by atoms with van der Waals surface area (Å²) in [6, 6.07) is 2.12. The van der Waals surface area contributed by atoms with E-state index in [4.69, 9.17) is 10.5 Å². The van der Waals surface area contributed by atoms with Gasteiger partial charge in [0.1, 0.15) is 23.4 Å². The maximum Gasteiger partial charge on any atom is 0.408 e. The van der Waals surface area contributed by atoms with E-state index in [0.717, 1.165) is 24.2 Å². The van der Waals surface area contributed by atoms with Gasteiger partial charge in [-0.2, -0.15) is 0 Å². The molecule has 0 bridgehead atoms. The number of aliphatic hydroxyl groups excluding tert-OH is 1. The number of hydrogen-bond donors (Lipinski definition) is 5. The summed E-state index contributed by atoms with van der Waals surface area (Å²) in [4.78, 5) is 52.2. The lowest BCUT2D eigenvalue weighted by atomic mass is 9.99. The van der Waals surface area contributed by atoms with Crippen LogP contribution in [0.1, 0.15) is 77.0 Å². The second kappa shape index (κ2) is 15.0. The molecule has 1 aromatic carbocycles. The Morgan fingerprint density at radius 3 is 2.38 bits per heavy atom. The molecule has 1 aromatic rings. The lowest BCUT2D eigenvalue weighted by Gasteiger charge is -2.34. The van der Waals surface area contributed by atoms with Gasteiger partial charge in [0.15, 0.2) is 0 Å². The Morgan fingerprint density at radius 1 is 1.16 bits per heavy atom. The number of amides is 4. The highest BCUT2D eigenvalue weighted by Crippen LogP contribution is 2.27. The highest BCUT2D eigenvalue weighted by molar-refractivity contribution is 5.92. The van der Waals surface area contributed by atoms with Crippen LogP contribution in [0, 0.1) is 6.92 Å². The average molecular weight is 523 g/mol. The molecule has 37 heavy (non-hydrogen) atoms. The highest BCUT2D eigenvalue weighted by Gasteiger charge is 2.36. The van der Waals surface area contributed by atoms with Gasteiger partial charge in [-0.15, -0.1) is 0 Å². The third-order valence-electron chi connectivity index (χ3n) is 5.47. The van der Waals surface area contributed by atoms with Crippen LogP contribution in [-0.2, 0) is 19.1 Å². The Morgan fingerprint density at radius 2 is 1.84 bits per heavy atom. The number of primary amides is 1. The van der Waals surface area contributed by atoms with E-state index in [9.17, 15) is 29.4 Å². The molecule has 11 nitrogen and oxygen atoms in total. The zero-order valence-electron chi connectivity index (χ0n) is 22.5. The van der Waals surface area contributed by atoms with Crippen molar-refractivity contribution in [1.29, 1.82) is 0 Å². The molecule has 0 saturated carbocycles. The molecule has 2 unspecified atom stereocenters. The normalized spacial score (nSPS) is 12.8. The average Bonchev–Trinajstić information content (AvgIpc) is 2.79. The number of nitrogens with zero attached hydrogens (tertiary/aromatic N) is 1. The van der Waals surface area contributed by atoms with Crippen molar-refractivity contribution in [3.05, 3.63) is 29.3 Å². The van der Waals surface area contributed by atoms with E-state index in [1.54, 1.807) is 33.8 Å². The molecule has 0 aromatic heterocycles. The molecule has 0 fully saturated rings. The summed E-state index contributed by atoms with van der Waals surface area (Å²) in [6.45, 7) is 8.39. The number of carbonyl (C=O) groups excluding carboxylic acids is 4. The quantitative estimate of drug-likeness (QED) is 0.233. The van der Waals surface area contributed by atoms with Gasteiger partial charge in [-0.1, -0.05) is 25.8 Å². The van der Waals surface area contributed by atoms with E-state index in [2.05, 4.69) is 10.6 Å². The van der Waals surface area contributed by atoms with Crippen molar-refractivity contribution in [3.8, 4) is 5.75 Å². The molecule has 0 aliphatic rings. The number of carbonyl (C=O) groups is 4. The molecule has 2 atom stereocenters. The number of alkyl carbamates (subject to hydrolysis) is 1. The van der Waals surface area contributed by atoms with E-state index in [-0.39, 0.29) is 25.1 Å². The van der Waals surface area contributed by atoms with Crippen molar-refractivity contribution in [3.63, 3.8) is 0 Å². The number of aliphatic hydroxyl groups is 1. The minimum atomic E-state index is -1.25. The Kier molecular flexibility index (Phi) is 12.9. The van der Waals surface area contributed by atoms with Gasteiger partial charge in [-0.3, -0.25) is 14.4 Å². The maximum absolute atomic E-state index is 13.8. The highest BCUT2D eigenvalue weighted by atomic mass is 16.6. The summed E-state index contributed by atoms with van der Waals surface area (Å²) in [5.74, 6) is -1.82. The summed E-state index contributed by atoms with van der Waals surface area (Å²) < 4.78 is 5.27. The van der Waals surface area contributed by atoms with Gasteiger partial charge in [0.25, 0.3) is 0 Å². The molecule has 0 spiro atoms. The molecular formula is C26H42N4O7. The zero-order valence-corrected chi connectivity index (χ0v) is 22.5. The first-order valence-corrected chi connectivity index (χ1v) is 12.6. The zero-order chi connectivity index (χ0) is 28.2. The van der Waals surface area contributed by atoms with Crippen molar-refractivity contribution < 1.29 is 34.1 Å². The fourth-order valence-electron chi connectivity index (χ4n) is 3.67. The Bertz CT molecular complexity index is 930. The summed E-state index contributed by atoms with van der Waals surface area (Å²) in [7, 11) is 0. The topological polar surface area (TPSA) is 171 Å². The maximum atomic E-state index is 13.8. The molecule has 1 rings (SSSR count). The van der Waals surface area contributed by atoms with Gasteiger partial charge in [-0.05, 0) is 63.8 Å². The predicted octanol–water partition coefficient (Wildman–Crippen LogP) is 2.03. The molecule has 4 amide bonds. The Balaban J connectivity index is 3.42. The fourth-order valence-corrected chi connectivity index (χ4v) is 3.67. The van der Waals surface area contributed by atoms with Crippen LogP contribution in [0.25, 0.3) is 0 Å². The van der Waals surface area contributed by atoms with E-state index < -0.39 is 48.1 Å². The second-order valence-electron chi connectivity index (χ2n) is 9.91. The van der Waals surface area contributed by atoms with E-state index in [0.29, 0.717) is 17.7 Å². The molecular weight excluding hydrogens is 480 g/mol. The van der Waals surface area contributed by atoms with Crippen LogP contribution in [-0.4, -0.2) is 70.3 Å².